The van der Waals surface area contributed by atoms with Gasteiger partial charge in [-0.15, -0.1) is 11.3 Å². The monoisotopic (exact) mass is 452 g/mol. The quantitative estimate of drug-likeness (QED) is 0.444. The SMILES string of the molecule is COc1ccccc1CCc1cc(C(C)(C)C(=O)O)c(=O)n2c(C)c(-c3ncco3)sc12. The first kappa shape index (κ1) is 21.8. The Labute approximate surface area is 188 Å². The van der Waals surface area contributed by atoms with Crippen LogP contribution in [0.3, 0.4) is 0 Å². The lowest BCUT2D eigenvalue weighted by Gasteiger charge is -2.20. The Bertz CT molecular complexity index is 1350. The maximum Gasteiger partial charge on any atom is 0.313 e. The molecule has 4 aromatic rings. The molecule has 0 unspecified atom stereocenters. The third-order valence-electron chi connectivity index (χ3n) is 5.78. The van der Waals surface area contributed by atoms with E-state index < -0.39 is 11.4 Å². The van der Waals surface area contributed by atoms with Crippen molar-refractivity contribution >= 4 is 22.1 Å². The zero-order valence-corrected chi connectivity index (χ0v) is 19.2. The Morgan fingerprint density at radius 2 is 1.97 bits per heavy atom. The number of aliphatic carboxylic acids is 1. The van der Waals surface area contributed by atoms with Gasteiger partial charge in [0.05, 0.1) is 18.7 Å². The van der Waals surface area contributed by atoms with Gasteiger partial charge in [-0.05, 0) is 56.9 Å². The second-order valence-electron chi connectivity index (χ2n) is 8.12. The van der Waals surface area contributed by atoms with Crippen LogP contribution in [-0.4, -0.2) is 27.6 Å². The van der Waals surface area contributed by atoms with Crippen LogP contribution in [0.25, 0.3) is 15.6 Å². The molecule has 0 amide bonds. The summed E-state index contributed by atoms with van der Waals surface area (Å²) >= 11 is 1.42. The third kappa shape index (κ3) is 3.60. The highest BCUT2D eigenvalue weighted by Crippen LogP contribution is 2.35. The summed E-state index contributed by atoms with van der Waals surface area (Å²) in [6.45, 7) is 4.93. The highest BCUT2D eigenvalue weighted by Gasteiger charge is 2.34. The molecule has 0 aliphatic rings. The molecule has 4 rings (SSSR count). The van der Waals surface area contributed by atoms with Crippen molar-refractivity contribution in [3.63, 3.8) is 0 Å². The molecular formula is C24H24N2O5S. The predicted octanol–water partition coefficient (Wildman–Crippen LogP) is 4.48. The Balaban J connectivity index is 1.92. The minimum Gasteiger partial charge on any atom is -0.496 e. The number of hydrogen-bond donors (Lipinski definition) is 1. The molecule has 3 heterocycles. The van der Waals surface area contributed by atoms with Crippen LogP contribution in [-0.2, 0) is 23.1 Å². The summed E-state index contributed by atoms with van der Waals surface area (Å²) in [6, 6.07) is 9.54. The van der Waals surface area contributed by atoms with Gasteiger partial charge in [0.15, 0.2) is 0 Å². The molecule has 0 radical (unpaired) electrons. The smallest absolute Gasteiger partial charge is 0.313 e. The third-order valence-corrected chi connectivity index (χ3v) is 7.10. The number of para-hydroxylation sites is 1. The van der Waals surface area contributed by atoms with Gasteiger partial charge in [-0.2, -0.15) is 0 Å². The van der Waals surface area contributed by atoms with Crippen molar-refractivity contribution < 1.29 is 19.1 Å². The van der Waals surface area contributed by atoms with Crippen molar-refractivity contribution in [2.24, 2.45) is 0 Å². The van der Waals surface area contributed by atoms with E-state index in [9.17, 15) is 14.7 Å². The zero-order valence-electron chi connectivity index (χ0n) is 18.3. The second-order valence-corrected chi connectivity index (χ2v) is 9.12. The maximum absolute atomic E-state index is 13.4. The second kappa shape index (κ2) is 8.27. The first-order valence-corrected chi connectivity index (χ1v) is 11.0. The molecule has 8 heteroatoms. The lowest BCUT2D eigenvalue weighted by Crippen LogP contribution is -2.36. The molecule has 1 aromatic carbocycles. The molecule has 0 spiro atoms. The van der Waals surface area contributed by atoms with Crippen molar-refractivity contribution in [3.05, 3.63) is 75.5 Å². The first-order chi connectivity index (χ1) is 15.3. The topological polar surface area (TPSA) is 94.0 Å². The van der Waals surface area contributed by atoms with Crippen LogP contribution in [0.5, 0.6) is 5.75 Å². The lowest BCUT2D eigenvalue weighted by atomic mass is 9.84. The van der Waals surface area contributed by atoms with Gasteiger partial charge >= 0.3 is 5.97 Å². The van der Waals surface area contributed by atoms with E-state index in [4.69, 9.17) is 9.15 Å². The zero-order chi connectivity index (χ0) is 23.0. The number of hydrogen-bond acceptors (Lipinski definition) is 6. The van der Waals surface area contributed by atoms with E-state index in [2.05, 4.69) is 4.98 Å². The van der Waals surface area contributed by atoms with Crippen molar-refractivity contribution in [2.75, 3.05) is 7.11 Å². The molecule has 0 saturated heterocycles. The average Bonchev–Trinajstić information content (AvgIpc) is 3.41. The molecule has 0 atom stereocenters. The highest BCUT2D eigenvalue weighted by atomic mass is 32.1. The molecule has 3 aromatic heterocycles. The van der Waals surface area contributed by atoms with Gasteiger partial charge in [0.25, 0.3) is 5.56 Å². The van der Waals surface area contributed by atoms with Gasteiger partial charge in [-0.3, -0.25) is 14.0 Å². The van der Waals surface area contributed by atoms with E-state index in [1.54, 1.807) is 37.6 Å². The van der Waals surface area contributed by atoms with Crippen LogP contribution in [0.4, 0.5) is 0 Å². The van der Waals surface area contributed by atoms with Crippen molar-refractivity contribution in [3.8, 4) is 16.5 Å². The number of methoxy groups -OCH3 is 1. The fourth-order valence-corrected chi connectivity index (χ4v) is 5.02. The number of oxazole rings is 1. The fourth-order valence-electron chi connectivity index (χ4n) is 3.80. The van der Waals surface area contributed by atoms with Gasteiger partial charge in [0.2, 0.25) is 5.89 Å². The summed E-state index contributed by atoms with van der Waals surface area (Å²) in [5.41, 5.74) is 1.19. The maximum atomic E-state index is 13.4. The normalized spacial score (nSPS) is 11.8. The molecule has 7 nitrogen and oxygen atoms in total. The molecular weight excluding hydrogens is 428 g/mol. The number of ether oxygens (including phenoxy) is 1. The fraction of sp³-hybridized carbons (Fsp3) is 0.292. The Hall–Kier alpha value is -3.39. The number of carboxylic acid groups (broad SMARTS) is 1. The number of pyridine rings is 1. The van der Waals surface area contributed by atoms with Gasteiger partial charge < -0.3 is 14.3 Å². The van der Waals surface area contributed by atoms with Gasteiger partial charge in [-0.1, -0.05) is 18.2 Å². The van der Waals surface area contributed by atoms with E-state index in [1.165, 1.54) is 17.6 Å². The van der Waals surface area contributed by atoms with Crippen LogP contribution >= 0.6 is 11.3 Å². The van der Waals surface area contributed by atoms with E-state index in [0.717, 1.165) is 26.6 Å². The summed E-state index contributed by atoms with van der Waals surface area (Å²) in [5, 5.41) is 9.80. The van der Waals surface area contributed by atoms with E-state index in [1.807, 2.05) is 31.2 Å². The van der Waals surface area contributed by atoms with E-state index in [-0.39, 0.29) is 11.1 Å². The number of nitrogens with zero attached hydrogens (tertiary/aromatic N) is 2. The minimum absolute atomic E-state index is 0.248. The number of benzene rings is 1. The molecule has 32 heavy (non-hydrogen) atoms. The van der Waals surface area contributed by atoms with Crippen molar-refractivity contribution in [1.29, 1.82) is 0 Å². The molecule has 1 N–H and O–H groups in total. The summed E-state index contributed by atoms with van der Waals surface area (Å²) < 4.78 is 12.5. The summed E-state index contributed by atoms with van der Waals surface area (Å²) in [6.07, 6.45) is 4.33. The van der Waals surface area contributed by atoms with Gasteiger partial charge in [0, 0.05) is 11.3 Å². The van der Waals surface area contributed by atoms with E-state index in [0.29, 0.717) is 24.4 Å². The number of rotatable bonds is 7. The van der Waals surface area contributed by atoms with Crippen molar-refractivity contribution in [1.82, 2.24) is 9.38 Å². The van der Waals surface area contributed by atoms with E-state index >= 15 is 0 Å². The molecule has 0 aliphatic heterocycles. The molecule has 166 valence electrons. The minimum atomic E-state index is -1.34. The summed E-state index contributed by atoms with van der Waals surface area (Å²) in [5.74, 6) is 0.183. The van der Waals surface area contributed by atoms with Crippen LogP contribution in [0, 0.1) is 6.92 Å². The number of fused-ring (bicyclic) bond motifs is 1. The number of aryl methyl sites for hydroxylation is 3. The molecule has 0 fully saturated rings. The highest BCUT2D eigenvalue weighted by molar-refractivity contribution is 7.21. The summed E-state index contributed by atoms with van der Waals surface area (Å²) in [4.78, 5) is 31.2. The number of carbonyl (C=O) groups is 1. The van der Waals surface area contributed by atoms with Gasteiger partial charge in [0.1, 0.15) is 21.7 Å². The Kier molecular flexibility index (Phi) is 5.64. The van der Waals surface area contributed by atoms with Crippen LogP contribution in [0.1, 0.15) is 36.2 Å². The van der Waals surface area contributed by atoms with Crippen molar-refractivity contribution in [2.45, 2.75) is 39.0 Å². The largest absolute Gasteiger partial charge is 0.496 e. The van der Waals surface area contributed by atoms with Crippen LogP contribution in [0.15, 0.2) is 52.0 Å². The number of carboxylic acids is 1. The Morgan fingerprint density at radius 3 is 2.62 bits per heavy atom. The molecule has 0 aliphatic carbocycles. The Morgan fingerprint density at radius 1 is 1.25 bits per heavy atom. The average molecular weight is 453 g/mol. The van der Waals surface area contributed by atoms with Gasteiger partial charge in [-0.25, -0.2) is 4.98 Å². The first-order valence-electron chi connectivity index (χ1n) is 10.2. The lowest BCUT2D eigenvalue weighted by molar-refractivity contribution is -0.142. The standard InChI is InChI=1S/C24H24N2O5S/c1-14-19(20-25-11-12-31-20)32-22-16(10-9-15-7-5-6-8-18(15)30-4)13-17(21(27)26(14)22)24(2,3)23(28)29/h5-8,11-13H,9-10H2,1-4H3,(H,28,29). The summed E-state index contributed by atoms with van der Waals surface area (Å²) in [7, 11) is 1.64. The number of thiazole rings is 1. The molecule has 0 bridgehead atoms. The molecule has 0 saturated carbocycles. The predicted molar refractivity (Wildman–Crippen MR) is 123 cm³/mol. The van der Waals surface area contributed by atoms with Crippen LogP contribution in [0.2, 0.25) is 0 Å². The van der Waals surface area contributed by atoms with Crippen LogP contribution < -0.4 is 10.3 Å². The number of aromatic nitrogens is 2.